The highest BCUT2D eigenvalue weighted by Crippen LogP contribution is 2.28. The molecule has 118 valence electrons. The minimum absolute atomic E-state index is 0.107. The Labute approximate surface area is 130 Å². The average Bonchev–Trinajstić information content (AvgIpc) is 2.54. The van der Waals surface area contributed by atoms with Crippen LogP contribution in [-0.2, 0) is 6.42 Å². The Hall–Kier alpha value is -0.900. The zero-order chi connectivity index (χ0) is 15.3. The predicted molar refractivity (Wildman–Crippen MR) is 90.5 cm³/mol. The van der Waals surface area contributed by atoms with Crippen LogP contribution in [0.1, 0.15) is 31.7 Å². The lowest BCUT2D eigenvalue weighted by atomic mass is 9.84. The SMILES string of the molecule is CCC(CN)(Cc1ccccc1)N1CCCC(N(C)C)C1. The molecule has 3 nitrogen and oxygen atoms in total. The first kappa shape index (κ1) is 16.5. The molecule has 1 saturated heterocycles. The minimum Gasteiger partial charge on any atom is -0.329 e. The average molecular weight is 289 g/mol. The summed E-state index contributed by atoms with van der Waals surface area (Å²) in [6, 6.07) is 11.5. The van der Waals surface area contributed by atoms with Crippen molar-refractivity contribution in [3.63, 3.8) is 0 Å². The van der Waals surface area contributed by atoms with Gasteiger partial charge < -0.3 is 10.6 Å². The number of likely N-dealkylation sites (N-methyl/N-ethyl adjacent to an activating group) is 1. The molecule has 1 aliphatic heterocycles. The van der Waals surface area contributed by atoms with Crippen LogP contribution in [0.25, 0.3) is 0 Å². The highest BCUT2D eigenvalue weighted by Gasteiger charge is 2.37. The van der Waals surface area contributed by atoms with Crippen LogP contribution in [0.4, 0.5) is 0 Å². The summed E-state index contributed by atoms with van der Waals surface area (Å²) in [6.45, 7) is 5.35. The van der Waals surface area contributed by atoms with Gasteiger partial charge in [-0.25, -0.2) is 0 Å². The number of hydrogen-bond donors (Lipinski definition) is 1. The van der Waals surface area contributed by atoms with Crippen LogP contribution < -0.4 is 5.73 Å². The van der Waals surface area contributed by atoms with E-state index in [2.05, 4.69) is 61.2 Å². The van der Waals surface area contributed by atoms with Gasteiger partial charge in [-0.2, -0.15) is 0 Å². The van der Waals surface area contributed by atoms with E-state index in [0.717, 1.165) is 25.9 Å². The normalized spacial score (nSPS) is 23.2. The van der Waals surface area contributed by atoms with Gasteiger partial charge in [0.1, 0.15) is 0 Å². The number of nitrogens with zero attached hydrogens (tertiary/aromatic N) is 2. The van der Waals surface area contributed by atoms with E-state index in [1.807, 2.05) is 0 Å². The van der Waals surface area contributed by atoms with Crippen molar-refractivity contribution < 1.29 is 0 Å². The Morgan fingerprint density at radius 2 is 2.00 bits per heavy atom. The van der Waals surface area contributed by atoms with Gasteiger partial charge in [-0.3, -0.25) is 4.90 Å². The summed E-state index contributed by atoms with van der Waals surface area (Å²) in [5, 5.41) is 0. The van der Waals surface area contributed by atoms with Gasteiger partial charge in [-0.05, 0) is 51.9 Å². The minimum atomic E-state index is 0.107. The summed E-state index contributed by atoms with van der Waals surface area (Å²) in [5.74, 6) is 0. The molecule has 2 unspecified atom stereocenters. The zero-order valence-corrected chi connectivity index (χ0v) is 13.9. The summed E-state index contributed by atoms with van der Waals surface area (Å²) in [4.78, 5) is 5.03. The molecule has 3 heteroatoms. The fraction of sp³-hybridized carbons (Fsp3) is 0.667. The maximum absolute atomic E-state index is 6.26. The van der Waals surface area contributed by atoms with Gasteiger partial charge >= 0.3 is 0 Å². The fourth-order valence-corrected chi connectivity index (χ4v) is 3.59. The molecule has 1 aromatic carbocycles. The predicted octanol–water partition coefficient (Wildman–Crippen LogP) is 2.36. The fourth-order valence-electron chi connectivity index (χ4n) is 3.59. The molecule has 0 aliphatic carbocycles. The molecule has 0 bridgehead atoms. The molecular weight excluding hydrogens is 258 g/mol. The van der Waals surface area contributed by atoms with Gasteiger partial charge in [0, 0.05) is 24.7 Å². The van der Waals surface area contributed by atoms with E-state index in [1.165, 1.54) is 24.9 Å². The van der Waals surface area contributed by atoms with Crippen molar-refractivity contribution in [1.29, 1.82) is 0 Å². The van der Waals surface area contributed by atoms with Crippen molar-refractivity contribution in [2.45, 2.75) is 44.2 Å². The third-order valence-corrected chi connectivity index (χ3v) is 5.21. The Bertz CT molecular complexity index is 412. The van der Waals surface area contributed by atoms with Gasteiger partial charge in [0.05, 0.1) is 0 Å². The highest BCUT2D eigenvalue weighted by atomic mass is 15.3. The molecule has 0 aromatic heterocycles. The van der Waals surface area contributed by atoms with Crippen molar-refractivity contribution in [3.8, 4) is 0 Å². The molecule has 1 fully saturated rings. The first-order valence-corrected chi connectivity index (χ1v) is 8.27. The van der Waals surface area contributed by atoms with Crippen molar-refractivity contribution in [2.24, 2.45) is 5.73 Å². The number of nitrogens with two attached hydrogens (primary N) is 1. The second-order valence-corrected chi connectivity index (χ2v) is 6.65. The molecule has 2 rings (SSSR count). The first-order valence-electron chi connectivity index (χ1n) is 8.27. The van der Waals surface area contributed by atoms with Gasteiger partial charge in [0.25, 0.3) is 0 Å². The monoisotopic (exact) mass is 289 g/mol. The molecule has 0 amide bonds. The van der Waals surface area contributed by atoms with Crippen LogP contribution in [0, 0.1) is 0 Å². The van der Waals surface area contributed by atoms with Gasteiger partial charge in [-0.1, -0.05) is 37.3 Å². The van der Waals surface area contributed by atoms with E-state index in [4.69, 9.17) is 5.73 Å². The Morgan fingerprint density at radius 1 is 1.29 bits per heavy atom. The van der Waals surface area contributed by atoms with E-state index in [0.29, 0.717) is 6.04 Å². The molecule has 1 aliphatic rings. The lowest BCUT2D eigenvalue weighted by molar-refractivity contribution is 0.0320. The summed E-state index contributed by atoms with van der Waals surface area (Å²) < 4.78 is 0. The topological polar surface area (TPSA) is 32.5 Å². The lowest BCUT2D eigenvalue weighted by Gasteiger charge is -2.48. The third kappa shape index (κ3) is 3.85. The van der Waals surface area contributed by atoms with Gasteiger partial charge in [0.2, 0.25) is 0 Å². The first-order chi connectivity index (χ1) is 10.1. The van der Waals surface area contributed by atoms with Crippen molar-refractivity contribution in [2.75, 3.05) is 33.7 Å². The molecule has 21 heavy (non-hydrogen) atoms. The standard InChI is InChI=1S/C18H31N3/c1-4-18(15-19,13-16-9-6-5-7-10-16)21-12-8-11-17(14-21)20(2)3/h5-7,9-10,17H,4,8,11-15,19H2,1-3H3. The highest BCUT2D eigenvalue weighted by molar-refractivity contribution is 5.18. The quantitative estimate of drug-likeness (QED) is 0.872. The van der Waals surface area contributed by atoms with Crippen molar-refractivity contribution in [1.82, 2.24) is 9.80 Å². The maximum Gasteiger partial charge on any atom is 0.0369 e. The van der Waals surface area contributed by atoms with Crippen molar-refractivity contribution >= 4 is 0 Å². The van der Waals surface area contributed by atoms with Crippen LogP contribution in [-0.4, -0.2) is 55.1 Å². The van der Waals surface area contributed by atoms with Crippen LogP contribution in [0.3, 0.4) is 0 Å². The molecule has 0 saturated carbocycles. The van der Waals surface area contributed by atoms with Gasteiger partial charge in [-0.15, -0.1) is 0 Å². The molecule has 1 aromatic rings. The number of benzene rings is 1. The van der Waals surface area contributed by atoms with E-state index < -0.39 is 0 Å². The summed E-state index contributed by atoms with van der Waals surface area (Å²) in [5.41, 5.74) is 7.77. The van der Waals surface area contributed by atoms with E-state index in [9.17, 15) is 0 Å². The molecule has 0 radical (unpaired) electrons. The van der Waals surface area contributed by atoms with E-state index >= 15 is 0 Å². The van der Waals surface area contributed by atoms with Crippen LogP contribution in [0.2, 0.25) is 0 Å². The lowest BCUT2D eigenvalue weighted by Crippen LogP contribution is -2.60. The van der Waals surface area contributed by atoms with Crippen LogP contribution >= 0.6 is 0 Å². The largest absolute Gasteiger partial charge is 0.329 e. The Morgan fingerprint density at radius 3 is 2.57 bits per heavy atom. The molecule has 0 spiro atoms. The number of hydrogen-bond acceptors (Lipinski definition) is 3. The summed E-state index contributed by atoms with van der Waals surface area (Å²) in [7, 11) is 4.39. The number of likely N-dealkylation sites (tertiary alicyclic amines) is 1. The second kappa shape index (κ2) is 7.39. The molecule has 1 heterocycles. The third-order valence-electron chi connectivity index (χ3n) is 5.21. The van der Waals surface area contributed by atoms with Crippen LogP contribution in [0.15, 0.2) is 30.3 Å². The van der Waals surface area contributed by atoms with E-state index in [-0.39, 0.29) is 5.54 Å². The smallest absolute Gasteiger partial charge is 0.0369 e. The Kier molecular flexibility index (Phi) is 5.80. The van der Waals surface area contributed by atoms with E-state index in [1.54, 1.807) is 0 Å². The molecule has 2 atom stereocenters. The molecule has 2 N–H and O–H groups in total. The molecular formula is C18H31N3. The number of rotatable bonds is 6. The second-order valence-electron chi connectivity index (χ2n) is 6.65. The zero-order valence-electron chi connectivity index (χ0n) is 13.9. The summed E-state index contributed by atoms with van der Waals surface area (Å²) in [6.07, 6.45) is 4.75. The number of piperidine rings is 1. The van der Waals surface area contributed by atoms with Crippen LogP contribution in [0.5, 0.6) is 0 Å². The summed E-state index contributed by atoms with van der Waals surface area (Å²) >= 11 is 0. The van der Waals surface area contributed by atoms with Crippen molar-refractivity contribution in [3.05, 3.63) is 35.9 Å². The Balaban J connectivity index is 2.16. The van der Waals surface area contributed by atoms with Gasteiger partial charge in [0.15, 0.2) is 0 Å². The maximum atomic E-state index is 6.26.